The van der Waals surface area contributed by atoms with Gasteiger partial charge in [0.1, 0.15) is 5.56 Å². The van der Waals surface area contributed by atoms with Gasteiger partial charge in [-0.15, -0.1) is 0 Å². The number of para-hydroxylation sites is 1. The summed E-state index contributed by atoms with van der Waals surface area (Å²) >= 11 is 0. The number of nitro groups is 1. The molecular formula is C14H16N4O3. The maximum Gasteiger partial charge on any atom is 0.282 e. The van der Waals surface area contributed by atoms with Crippen molar-refractivity contribution >= 4 is 11.6 Å². The van der Waals surface area contributed by atoms with Crippen molar-refractivity contribution in [3.05, 3.63) is 57.4 Å². The number of amides is 1. The lowest BCUT2D eigenvalue weighted by Crippen LogP contribution is -2.24. The molecule has 0 saturated heterocycles. The molecule has 0 spiro atoms. The quantitative estimate of drug-likeness (QED) is 0.673. The monoisotopic (exact) mass is 288 g/mol. The summed E-state index contributed by atoms with van der Waals surface area (Å²) in [5, 5.41) is 17.8. The maximum atomic E-state index is 12.1. The minimum atomic E-state index is -0.560. The summed E-state index contributed by atoms with van der Waals surface area (Å²) < 4.78 is 1.83. The Kier molecular flexibility index (Phi) is 4.32. The van der Waals surface area contributed by atoms with Crippen molar-refractivity contribution < 1.29 is 9.72 Å². The van der Waals surface area contributed by atoms with Gasteiger partial charge in [-0.1, -0.05) is 12.1 Å². The Balaban J connectivity index is 2.12. The van der Waals surface area contributed by atoms with Crippen LogP contribution in [-0.4, -0.2) is 20.6 Å². The Morgan fingerprint density at radius 1 is 1.43 bits per heavy atom. The van der Waals surface area contributed by atoms with Gasteiger partial charge in [-0.3, -0.25) is 19.6 Å². The molecule has 0 bridgehead atoms. The first-order valence-corrected chi connectivity index (χ1v) is 6.57. The topological polar surface area (TPSA) is 90.1 Å². The molecule has 1 aromatic heterocycles. The van der Waals surface area contributed by atoms with E-state index >= 15 is 0 Å². The number of aromatic nitrogens is 2. The van der Waals surface area contributed by atoms with Crippen molar-refractivity contribution in [1.82, 2.24) is 15.1 Å². The fourth-order valence-electron chi connectivity index (χ4n) is 2.07. The van der Waals surface area contributed by atoms with Gasteiger partial charge in [-0.2, -0.15) is 5.10 Å². The van der Waals surface area contributed by atoms with Crippen LogP contribution in [0.2, 0.25) is 0 Å². The summed E-state index contributed by atoms with van der Waals surface area (Å²) in [5.41, 5.74) is 1.73. The van der Waals surface area contributed by atoms with Gasteiger partial charge < -0.3 is 5.32 Å². The van der Waals surface area contributed by atoms with E-state index in [2.05, 4.69) is 10.4 Å². The van der Waals surface area contributed by atoms with Crippen molar-refractivity contribution in [2.45, 2.75) is 26.9 Å². The molecule has 110 valence electrons. The standard InChI is InChI=1S/C14H16N4O3/c1-3-17-10(2)11(9-16-17)8-15-14(19)12-6-4-5-7-13(12)18(20)21/h4-7,9H,3,8H2,1-2H3,(H,15,19). The zero-order valence-corrected chi connectivity index (χ0v) is 11.9. The highest BCUT2D eigenvalue weighted by molar-refractivity contribution is 5.98. The maximum absolute atomic E-state index is 12.1. The highest BCUT2D eigenvalue weighted by Gasteiger charge is 2.19. The van der Waals surface area contributed by atoms with Crippen LogP contribution in [0.3, 0.4) is 0 Å². The number of hydrogen-bond donors (Lipinski definition) is 1. The first kappa shape index (κ1) is 14.7. The average Bonchev–Trinajstić information content (AvgIpc) is 2.85. The van der Waals surface area contributed by atoms with Gasteiger partial charge in [-0.05, 0) is 19.9 Å². The lowest BCUT2D eigenvalue weighted by Gasteiger charge is -2.06. The van der Waals surface area contributed by atoms with Crippen LogP contribution in [0.4, 0.5) is 5.69 Å². The van der Waals surface area contributed by atoms with Crippen molar-refractivity contribution in [3.63, 3.8) is 0 Å². The molecule has 0 aliphatic rings. The van der Waals surface area contributed by atoms with Crippen LogP contribution < -0.4 is 5.32 Å². The third kappa shape index (κ3) is 3.07. The summed E-state index contributed by atoms with van der Waals surface area (Å²) in [6.07, 6.45) is 1.69. The van der Waals surface area contributed by atoms with Crippen molar-refractivity contribution in [2.75, 3.05) is 0 Å². The molecule has 1 aromatic carbocycles. The van der Waals surface area contributed by atoms with Gasteiger partial charge in [0.25, 0.3) is 11.6 Å². The molecule has 1 heterocycles. The number of carbonyl (C=O) groups excluding carboxylic acids is 1. The molecule has 1 amide bonds. The number of rotatable bonds is 5. The molecule has 2 aromatic rings. The van der Waals surface area contributed by atoms with Crippen LogP contribution in [0, 0.1) is 17.0 Å². The van der Waals surface area contributed by atoms with Crippen molar-refractivity contribution in [1.29, 1.82) is 0 Å². The molecule has 2 rings (SSSR count). The molecule has 0 aliphatic heterocycles. The number of hydrogen-bond acceptors (Lipinski definition) is 4. The molecule has 7 heteroatoms. The lowest BCUT2D eigenvalue weighted by atomic mass is 10.1. The molecular weight excluding hydrogens is 272 g/mol. The molecule has 21 heavy (non-hydrogen) atoms. The second-order valence-electron chi connectivity index (χ2n) is 4.53. The van der Waals surface area contributed by atoms with E-state index in [1.165, 1.54) is 18.2 Å². The summed E-state index contributed by atoms with van der Waals surface area (Å²) in [7, 11) is 0. The number of nitrogens with zero attached hydrogens (tertiary/aromatic N) is 3. The van der Waals surface area contributed by atoms with Gasteiger partial charge in [0.15, 0.2) is 0 Å². The number of nitro benzene ring substituents is 1. The lowest BCUT2D eigenvalue weighted by molar-refractivity contribution is -0.385. The van der Waals surface area contributed by atoms with E-state index in [1.54, 1.807) is 12.3 Å². The first-order chi connectivity index (χ1) is 10.0. The molecule has 0 atom stereocenters. The number of nitrogens with one attached hydrogen (secondary N) is 1. The van der Waals surface area contributed by atoms with E-state index in [0.717, 1.165) is 17.8 Å². The van der Waals surface area contributed by atoms with E-state index < -0.39 is 10.8 Å². The van der Waals surface area contributed by atoms with E-state index in [0.29, 0.717) is 0 Å². The summed E-state index contributed by atoms with van der Waals surface area (Å²) in [6, 6.07) is 5.89. The zero-order valence-electron chi connectivity index (χ0n) is 11.9. The van der Waals surface area contributed by atoms with Crippen LogP contribution >= 0.6 is 0 Å². The Bertz CT molecular complexity index is 679. The van der Waals surface area contributed by atoms with Crippen LogP contribution in [0.25, 0.3) is 0 Å². The van der Waals surface area contributed by atoms with E-state index in [1.807, 2.05) is 18.5 Å². The summed E-state index contributed by atoms with van der Waals surface area (Å²) in [5.74, 6) is -0.467. The van der Waals surface area contributed by atoms with Crippen LogP contribution in [-0.2, 0) is 13.1 Å². The van der Waals surface area contributed by atoms with E-state index in [4.69, 9.17) is 0 Å². The normalized spacial score (nSPS) is 10.4. The Labute approximate surface area is 121 Å². The molecule has 0 unspecified atom stereocenters. The molecule has 0 saturated carbocycles. The SMILES string of the molecule is CCn1ncc(CNC(=O)c2ccccc2[N+](=O)[O-])c1C. The van der Waals surface area contributed by atoms with Gasteiger partial charge in [0.2, 0.25) is 0 Å². The van der Waals surface area contributed by atoms with Crippen molar-refractivity contribution in [3.8, 4) is 0 Å². The highest BCUT2D eigenvalue weighted by atomic mass is 16.6. The summed E-state index contributed by atoms with van der Waals surface area (Å²) in [4.78, 5) is 22.4. The number of carbonyl (C=O) groups is 1. The Morgan fingerprint density at radius 2 is 2.14 bits per heavy atom. The fourth-order valence-corrected chi connectivity index (χ4v) is 2.07. The van der Waals surface area contributed by atoms with Crippen LogP contribution in [0.1, 0.15) is 28.5 Å². The van der Waals surface area contributed by atoms with Gasteiger partial charge >= 0.3 is 0 Å². The Hall–Kier alpha value is -2.70. The molecule has 0 fully saturated rings. The van der Waals surface area contributed by atoms with Gasteiger partial charge in [0, 0.05) is 30.4 Å². The van der Waals surface area contributed by atoms with Crippen LogP contribution in [0.5, 0.6) is 0 Å². The molecule has 7 nitrogen and oxygen atoms in total. The second kappa shape index (κ2) is 6.17. The largest absolute Gasteiger partial charge is 0.348 e. The molecule has 1 N–H and O–H groups in total. The predicted molar refractivity (Wildman–Crippen MR) is 76.9 cm³/mol. The zero-order chi connectivity index (χ0) is 15.4. The smallest absolute Gasteiger partial charge is 0.282 e. The average molecular weight is 288 g/mol. The minimum Gasteiger partial charge on any atom is -0.348 e. The van der Waals surface area contributed by atoms with Crippen molar-refractivity contribution in [2.24, 2.45) is 0 Å². The van der Waals surface area contributed by atoms with Crippen LogP contribution in [0.15, 0.2) is 30.5 Å². The fraction of sp³-hybridized carbons (Fsp3) is 0.286. The highest BCUT2D eigenvalue weighted by Crippen LogP contribution is 2.17. The minimum absolute atomic E-state index is 0.0584. The molecule has 0 radical (unpaired) electrons. The third-order valence-corrected chi connectivity index (χ3v) is 3.29. The van der Waals surface area contributed by atoms with Gasteiger partial charge in [-0.25, -0.2) is 0 Å². The number of aryl methyl sites for hydroxylation is 1. The van der Waals surface area contributed by atoms with Gasteiger partial charge in [0.05, 0.1) is 11.1 Å². The molecule has 0 aliphatic carbocycles. The van der Waals surface area contributed by atoms with E-state index in [-0.39, 0.29) is 17.8 Å². The second-order valence-corrected chi connectivity index (χ2v) is 4.53. The third-order valence-electron chi connectivity index (χ3n) is 3.29. The summed E-state index contributed by atoms with van der Waals surface area (Å²) in [6.45, 7) is 4.94. The Morgan fingerprint density at radius 3 is 2.76 bits per heavy atom. The van der Waals surface area contributed by atoms with E-state index in [9.17, 15) is 14.9 Å². The number of benzene rings is 1. The first-order valence-electron chi connectivity index (χ1n) is 6.57. The predicted octanol–water partition coefficient (Wildman–Crippen LogP) is 2.05.